The van der Waals surface area contributed by atoms with Crippen molar-refractivity contribution in [3.05, 3.63) is 0 Å². The summed E-state index contributed by atoms with van der Waals surface area (Å²) in [6.45, 7) is 8.14. The standard InChI is InChI=1S/C11H22ClNS/c1-3-14-9-8-13-6-4-11(5-7-13)10(2)12/h10-11H,3-9H2,1-2H3. The number of rotatable bonds is 5. The van der Waals surface area contributed by atoms with Crippen LogP contribution in [0.25, 0.3) is 0 Å². The van der Waals surface area contributed by atoms with E-state index in [1.165, 1.54) is 44.0 Å². The van der Waals surface area contributed by atoms with Crippen molar-refractivity contribution in [2.75, 3.05) is 31.1 Å². The van der Waals surface area contributed by atoms with Crippen LogP contribution in [0.3, 0.4) is 0 Å². The van der Waals surface area contributed by atoms with Crippen molar-refractivity contribution in [2.45, 2.75) is 32.1 Å². The molecule has 1 rings (SSSR count). The van der Waals surface area contributed by atoms with Gasteiger partial charge in [0, 0.05) is 17.7 Å². The topological polar surface area (TPSA) is 3.24 Å². The molecule has 0 radical (unpaired) electrons. The number of alkyl halides is 1. The van der Waals surface area contributed by atoms with Crippen LogP contribution in [0.5, 0.6) is 0 Å². The van der Waals surface area contributed by atoms with Crippen LogP contribution >= 0.6 is 23.4 Å². The summed E-state index contributed by atoms with van der Waals surface area (Å²) >= 11 is 8.15. The first-order valence-corrected chi connectivity index (χ1v) is 7.27. The predicted molar refractivity (Wildman–Crippen MR) is 67.5 cm³/mol. The summed E-state index contributed by atoms with van der Waals surface area (Å²) in [5, 5.41) is 0.363. The molecule has 14 heavy (non-hydrogen) atoms. The maximum atomic E-state index is 6.11. The Kier molecular flexibility index (Phi) is 6.31. The van der Waals surface area contributed by atoms with Crippen LogP contribution in [0.1, 0.15) is 26.7 Å². The Labute approximate surface area is 97.6 Å². The van der Waals surface area contributed by atoms with E-state index in [2.05, 4.69) is 18.7 Å². The molecule has 1 heterocycles. The molecular formula is C11H22ClNS. The first kappa shape index (κ1) is 12.7. The summed E-state index contributed by atoms with van der Waals surface area (Å²) in [5.41, 5.74) is 0. The quantitative estimate of drug-likeness (QED) is 0.532. The van der Waals surface area contributed by atoms with Gasteiger partial charge in [0.2, 0.25) is 0 Å². The van der Waals surface area contributed by atoms with Crippen molar-refractivity contribution in [3.8, 4) is 0 Å². The molecule has 0 aromatic rings. The van der Waals surface area contributed by atoms with Crippen molar-refractivity contribution < 1.29 is 0 Å². The van der Waals surface area contributed by atoms with E-state index >= 15 is 0 Å². The Bertz CT molecular complexity index is 144. The summed E-state index contributed by atoms with van der Waals surface area (Å²) < 4.78 is 0. The SMILES string of the molecule is CCSCCN1CCC(C(C)Cl)CC1. The van der Waals surface area contributed by atoms with E-state index in [1.54, 1.807) is 0 Å². The minimum Gasteiger partial charge on any atom is -0.302 e. The largest absolute Gasteiger partial charge is 0.302 e. The molecule has 84 valence electrons. The Morgan fingerprint density at radius 3 is 2.57 bits per heavy atom. The summed E-state index contributed by atoms with van der Waals surface area (Å²) in [5.74, 6) is 3.29. The van der Waals surface area contributed by atoms with Crippen molar-refractivity contribution >= 4 is 23.4 Å². The fraction of sp³-hybridized carbons (Fsp3) is 1.00. The van der Waals surface area contributed by atoms with E-state index in [1.807, 2.05) is 11.8 Å². The number of thioether (sulfide) groups is 1. The van der Waals surface area contributed by atoms with Crippen molar-refractivity contribution in [2.24, 2.45) is 5.92 Å². The fourth-order valence-corrected chi connectivity index (χ4v) is 2.90. The average molecular weight is 236 g/mol. The zero-order valence-electron chi connectivity index (χ0n) is 9.34. The highest BCUT2D eigenvalue weighted by Crippen LogP contribution is 2.23. The van der Waals surface area contributed by atoms with E-state index in [4.69, 9.17) is 11.6 Å². The molecule has 1 atom stereocenters. The van der Waals surface area contributed by atoms with Gasteiger partial charge >= 0.3 is 0 Å². The van der Waals surface area contributed by atoms with Gasteiger partial charge in [-0.05, 0) is 44.5 Å². The maximum Gasteiger partial charge on any atom is 0.0337 e. The number of hydrogen-bond acceptors (Lipinski definition) is 2. The van der Waals surface area contributed by atoms with Crippen LogP contribution in [0.4, 0.5) is 0 Å². The fourth-order valence-electron chi connectivity index (χ4n) is 1.97. The molecular weight excluding hydrogens is 214 g/mol. The second-order valence-corrected chi connectivity index (χ2v) is 6.14. The van der Waals surface area contributed by atoms with Gasteiger partial charge in [0.15, 0.2) is 0 Å². The molecule has 0 aliphatic carbocycles. The lowest BCUT2D eigenvalue weighted by molar-refractivity contribution is 0.193. The smallest absolute Gasteiger partial charge is 0.0337 e. The lowest BCUT2D eigenvalue weighted by atomic mass is 9.94. The first-order chi connectivity index (χ1) is 6.74. The Hall–Kier alpha value is 0.600. The molecule has 0 bridgehead atoms. The lowest BCUT2D eigenvalue weighted by Crippen LogP contribution is -2.37. The van der Waals surface area contributed by atoms with Gasteiger partial charge in [-0.15, -0.1) is 11.6 Å². The number of halogens is 1. The van der Waals surface area contributed by atoms with Crippen molar-refractivity contribution in [3.63, 3.8) is 0 Å². The van der Waals surface area contributed by atoms with Crippen LogP contribution in [-0.2, 0) is 0 Å². The molecule has 1 saturated heterocycles. The Balaban J connectivity index is 2.09. The van der Waals surface area contributed by atoms with Gasteiger partial charge < -0.3 is 4.90 Å². The highest BCUT2D eigenvalue weighted by molar-refractivity contribution is 7.99. The van der Waals surface area contributed by atoms with E-state index < -0.39 is 0 Å². The highest BCUT2D eigenvalue weighted by atomic mass is 35.5. The number of nitrogens with zero attached hydrogens (tertiary/aromatic N) is 1. The molecule has 0 N–H and O–H groups in total. The van der Waals surface area contributed by atoms with Crippen LogP contribution in [0.15, 0.2) is 0 Å². The van der Waals surface area contributed by atoms with Gasteiger partial charge in [0.1, 0.15) is 0 Å². The predicted octanol–water partition coefficient (Wildman–Crippen LogP) is 3.08. The molecule has 3 heteroatoms. The molecule has 0 saturated carbocycles. The molecule has 0 amide bonds. The average Bonchev–Trinajstić information content (AvgIpc) is 2.19. The molecule has 1 unspecified atom stereocenters. The molecule has 0 spiro atoms. The van der Waals surface area contributed by atoms with Crippen molar-refractivity contribution in [1.82, 2.24) is 4.90 Å². The third kappa shape index (κ3) is 4.41. The number of piperidine rings is 1. The molecule has 1 fully saturated rings. The summed E-state index contributed by atoms with van der Waals surface area (Å²) in [7, 11) is 0. The van der Waals surface area contributed by atoms with Gasteiger partial charge in [-0.1, -0.05) is 6.92 Å². The minimum atomic E-state index is 0.363. The van der Waals surface area contributed by atoms with Crippen molar-refractivity contribution in [1.29, 1.82) is 0 Å². The van der Waals surface area contributed by atoms with E-state index in [9.17, 15) is 0 Å². The Morgan fingerprint density at radius 2 is 2.07 bits per heavy atom. The zero-order chi connectivity index (χ0) is 10.4. The molecule has 1 aliphatic heterocycles. The summed E-state index contributed by atoms with van der Waals surface area (Å²) in [6.07, 6.45) is 2.59. The van der Waals surface area contributed by atoms with Gasteiger partial charge in [-0.25, -0.2) is 0 Å². The van der Waals surface area contributed by atoms with Crippen LogP contribution in [-0.4, -0.2) is 41.4 Å². The van der Waals surface area contributed by atoms with Gasteiger partial charge in [-0.2, -0.15) is 11.8 Å². The van der Waals surface area contributed by atoms with Gasteiger partial charge in [0.25, 0.3) is 0 Å². The molecule has 1 nitrogen and oxygen atoms in total. The maximum absolute atomic E-state index is 6.11. The van der Waals surface area contributed by atoms with Crippen LogP contribution in [0.2, 0.25) is 0 Å². The van der Waals surface area contributed by atoms with E-state index in [0.29, 0.717) is 5.38 Å². The second-order valence-electron chi connectivity index (χ2n) is 4.05. The molecule has 0 aromatic carbocycles. The zero-order valence-corrected chi connectivity index (χ0v) is 10.9. The highest BCUT2D eigenvalue weighted by Gasteiger charge is 2.21. The lowest BCUT2D eigenvalue weighted by Gasteiger charge is -2.32. The van der Waals surface area contributed by atoms with E-state index in [0.717, 1.165) is 5.92 Å². The van der Waals surface area contributed by atoms with Crippen LogP contribution < -0.4 is 0 Å². The van der Waals surface area contributed by atoms with Gasteiger partial charge in [-0.3, -0.25) is 0 Å². The van der Waals surface area contributed by atoms with Gasteiger partial charge in [0.05, 0.1) is 0 Å². The third-order valence-electron chi connectivity index (χ3n) is 3.04. The normalized spacial score (nSPS) is 22.5. The molecule has 1 aliphatic rings. The molecule has 0 aromatic heterocycles. The van der Waals surface area contributed by atoms with Crippen LogP contribution in [0, 0.1) is 5.92 Å². The third-order valence-corrected chi connectivity index (χ3v) is 4.27. The minimum absolute atomic E-state index is 0.363. The monoisotopic (exact) mass is 235 g/mol. The number of hydrogen-bond donors (Lipinski definition) is 0. The first-order valence-electron chi connectivity index (χ1n) is 5.68. The Morgan fingerprint density at radius 1 is 1.43 bits per heavy atom. The summed E-state index contributed by atoms with van der Waals surface area (Å²) in [6, 6.07) is 0. The number of likely N-dealkylation sites (tertiary alicyclic amines) is 1. The van der Waals surface area contributed by atoms with E-state index in [-0.39, 0.29) is 0 Å². The summed E-state index contributed by atoms with van der Waals surface area (Å²) in [4.78, 5) is 2.58. The second kappa shape index (κ2) is 6.97.